The normalized spacial score (nSPS) is 18.4. The molecule has 18 heavy (non-hydrogen) atoms. The Morgan fingerprint density at radius 2 is 2.39 bits per heavy atom. The van der Waals surface area contributed by atoms with Crippen molar-refractivity contribution in [3.05, 3.63) is 45.9 Å². The minimum absolute atomic E-state index is 0.167. The van der Waals surface area contributed by atoms with Crippen LogP contribution in [0.4, 0.5) is 0 Å². The molecular formula is C14H16N2OS. The molecule has 0 fully saturated rings. The molecule has 1 aromatic carbocycles. The van der Waals surface area contributed by atoms with Gasteiger partial charge in [0.2, 0.25) is 0 Å². The number of hydrogen-bond acceptors (Lipinski definition) is 4. The minimum atomic E-state index is 0.167. The van der Waals surface area contributed by atoms with Crippen LogP contribution >= 0.6 is 11.3 Å². The molecule has 3 nitrogen and oxygen atoms in total. The fourth-order valence-corrected chi connectivity index (χ4v) is 2.88. The molecule has 1 aliphatic rings. The summed E-state index contributed by atoms with van der Waals surface area (Å²) in [6.07, 6.45) is 5.24. The first-order valence-corrected chi connectivity index (χ1v) is 7.09. The van der Waals surface area contributed by atoms with Crippen molar-refractivity contribution in [3.63, 3.8) is 0 Å². The molecule has 1 aliphatic carbocycles. The maximum Gasteiger partial charge on any atom is 0.124 e. The van der Waals surface area contributed by atoms with Crippen LogP contribution in [0.5, 0.6) is 5.75 Å². The lowest BCUT2D eigenvalue weighted by Gasteiger charge is -2.22. The fraction of sp³-hybridized carbons (Fsp3) is 0.357. The molecule has 1 atom stereocenters. The number of thiazole rings is 1. The van der Waals surface area contributed by atoms with Crippen LogP contribution in [0.3, 0.4) is 0 Å². The Kier molecular flexibility index (Phi) is 3.30. The van der Waals surface area contributed by atoms with Crippen molar-refractivity contribution in [1.82, 2.24) is 4.98 Å². The number of benzene rings is 1. The number of ether oxygens (including phenoxy) is 1. The number of nitrogens with two attached hydrogens (primary N) is 1. The summed E-state index contributed by atoms with van der Waals surface area (Å²) in [7, 11) is 0. The molecule has 1 heterocycles. The summed E-state index contributed by atoms with van der Waals surface area (Å²) in [4.78, 5) is 5.17. The Hall–Kier alpha value is -1.39. The SMILES string of the molecule is N[C@H]1CCCc2ccc(OCc3cncs3)cc21. The van der Waals surface area contributed by atoms with Crippen LogP contribution in [0.2, 0.25) is 0 Å². The van der Waals surface area contributed by atoms with Crippen molar-refractivity contribution in [2.45, 2.75) is 31.9 Å². The molecule has 0 radical (unpaired) electrons. The van der Waals surface area contributed by atoms with E-state index in [2.05, 4.69) is 17.1 Å². The smallest absolute Gasteiger partial charge is 0.124 e. The summed E-state index contributed by atoms with van der Waals surface area (Å²) in [5, 5.41) is 0. The molecule has 0 saturated heterocycles. The lowest BCUT2D eigenvalue weighted by molar-refractivity contribution is 0.308. The Morgan fingerprint density at radius 1 is 1.44 bits per heavy atom. The van der Waals surface area contributed by atoms with E-state index in [9.17, 15) is 0 Å². The number of hydrogen-bond donors (Lipinski definition) is 1. The topological polar surface area (TPSA) is 48.1 Å². The minimum Gasteiger partial charge on any atom is -0.488 e. The van der Waals surface area contributed by atoms with Gasteiger partial charge in [-0.05, 0) is 42.5 Å². The van der Waals surface area contributed by atoms with E-state index >= 15 is 0 Å². The summed E-state index contributed by atoms with van der Waals surface area (Å²) in [6.45, 7) is 0.582. The quantitative estimate of drug-likeness (QED) is 0.922. The first-order chi connectivity index (χ1) is 8.83. The van der Waals surface area contributed by atoms with Crippen LogP contribution in [0.1, 0.15) is 34.9 Å². The molecule has 4 heteroatoms. The lowest BCUT2D eigenvalue weighted by Crippen LogP contribution is -2.17. The highest BCUT2D eigenvalue weighted by molar-refractivity contribution is 7.09. The summed E-state index contributed by atoms with van der Waals surface area (Å²) < 4.78 is 5.78. The van der Waals surface area contributed by atoms with E-state index in [1.54, 1.807) is 11.3 Å². The van der Waals surface area contributed by atoms with Crippen LogP contribution in [0.25, 0.3) is 0 Å². The maximum atomic E-state index is 6.14. The number of aryl methyl sites for hydroxylation is 1. The zero-order valence-corrected chi connectivity index (χ0v) is 11.0. The Balaban J connectivity index is 1.75. The summed E-state index contributed by atoms with van der Waals surface area (Å²) >= 11 is 1.61. The van der Waals surface area contributed by atoms with Crippen LogP contribution in [-0.4, -0.2) is 4.98 Å². The third-order valence-corrected chi connectivity index (χ3v) is 4.10. The van der Waals surface area contributed by atoms with Gasteiger partial charge in [-0.1, -0.05) is 6.07 Å². The number of rotatable bonds is 3. The van der Waals surface area contributed by atoms with Crippen LogP contribution in [0, 0.1) is 0 Å². The van der Waals surface area contributed by atoms with Crippen molar-refractivity contribution in [3.8, 4) is 5.75 Å². The van der Waals surface area contributed by atoms with E-state index in [0.717, 1.165) is 23.5 Å². The highest BCUT2D eigenvalue weighted by atomic mass is 32.1. The van der Waals surface area contributed by atoms with Gasteiger partial charge in [0.05, 0.1) is 10.4 Å². The van der Waals surface area contributed by atoms with Crippen molar-refractivity contribution < 1.29 is 4.74 Å². The van der Waals surface area contributed by atoms with E-state index in [1.165, 1.54) is 17.5 Å². The van der Waals surface area contributed by atoms with E-state index in [1.807, 2.05) is 17.8 Å². The molecule has 0 bridgehead atoms. The van der Waals surface area contributed by atoms with E-state index in [-0.39, 0.29) is 6.04 Å². The zero-order chi connectivity index (χ0) is 12.4. The van der Waals surface area contributed by atoms with Crippen LogP contribution < -0.4 is 10.5 Å². The predicted octanol–water partition coefficient (Wildman–Crippen LogP) is 3.06. The number of nitrogens with zero attached hydrogens (tertiary/aromatic N) is 1. The molecule has 0 amide bonds. The lowest BCUT2D eigenvalue weighted by atomic mass is 9.88. The molecule has 0 unspecified atom stereocenters. The zero-order valence-electron chi connectivity index (χ0n) is 10.1. The number of aromatic nitrogens is 1. The first kappa shape index (κ1) is 11.7. The molecule has 94 valence electrons. The van der Waals surface area contributed by atoms with Gasteiger partial charge in [-0.3, -0.25) is 4.98 Å². The van der Waals surface area contributed by atoms with Gasteiger partial charge in [-0.15, -0.1) is 11.3 Å². The Morgan fingerprint density at radius 3 is 3.22 bits per heavy atom. The average Bonchev–Trinajstić information content (AvgIpc) is 2.90. The van der Waals surface area contributed by atoms with Gasteiger partial charge in [0.15, 0.2) is 0 Å². The monoisotopic (exact) mass is 260 g/mol. The molecule has 3 rings (SSSR count). The Labute approximate surface area is 111 Å². The van der Waals surface area contributed by atoms with Crippen molar-refractivity contribution >= 4 is 11.3 Å². The largest absolute Gasteiger partial charge is 0.488 e. The fourth-order valence-electron chi connectivity index (χ4n) is 2.37. The van der Waals surface area contributed by atoms with Gasteiger partial charge in [0, 0.05) is 12.2 Å². The molecule has 0 aliphatic heterocycles. The summed E-state index contributed by atoms with van der Waals surface area (Å²) in [6, 6.07) is 6.45. The molecule has 2 aromatic rings. The van der Waals surface area contributed by atoms with E-state index < -0.39 is 0 Å². The highest BCUT2D eigenvalue weighted by Crippen LogP contribution is 2.31. The summed E-state index contributed by atoms with van der Waals surface area (Å²) in [5.41, 5.74) is 10.6. The van der Waals surface area contributed by atoms with Gasteiger partial charge < -0.3 is 10.5 Å². The predicted molar refractivity (Wildman–Crippen MR) is 72.8 cm³/mol. The highest BCUT2D eigenvalue weighted by Gasteiger charge is 2.17. The van der Waals surface area contributed by atoms with E-state index in [4.69, 9.17) is 10.5 Å². The first-order valence-electron chi connectivity index (χ1n) is 6.21. The molecular weight excluding hydrogens is 244 g/mol. The van der Waals surface area contributed by atoms with E-state index in [0.29, 0.717) is 6.61 Å². The Bertz CT molecular complexity index is 525. The van der Waals surface area contributed by atoms with Gasteiger partial charge >= 0.3 is 0 Å². The molecule has 0 spiro atoms. The second-order valence-corrected chi connectivity index (χ2v) is 5.59. The third kappa shape index (κ3) is 2.40. The van der Waals surface area contributed by atoms with Crippen LogP contribution in [-0.2, 0) is 13.0 Å². The second-order valence-electron chi connectivity index (χ2n) is 4.62. The van der Waals surface area contributed by atoms with Gasteiger partial charge in [-0.2, -0.15) is 0 Å². The molecule has 0 saturated carbocycles. The van der Waals surface area contributed by atoms with Crippen LogP contribution in [0.15, 0.2) is 29.9 Å². The summed E-state index contributed by atoms with van der Waals surface area (Å²) in [5.74, 6) is 0.902. The third-order valence-electron chi connectivity index (χ3n) is 3.34. The van der Waals surface area contributed by atoms with Crippen molar-refractivity contribution in [1.29, 1.82) is 0 Å². The number of fused-ring (bicyclic) bond motifs is 1. The molecule has 1 aromatic heterocycles. The standard InChI is InChI=1S/C14H16N2OS/c15-14-3-1-2-10-4-5-11(6-13(10)14)17-8-12-7-16-9-18-12/h4-7,9,14H,1-3,8,15H2/t14-/m0/s1. The van der Waals surface area contributed by atoms with Gasteiger partial charge in [0.25, 0.3) is 0 Å². The van der Waals surface area contributed by atoms with Crippen molar-refractivity contribution in [2.24, 2.45) is 5.73 Å². The molecule has 2 N–H and O–H groups in total. The second kappa shape index (κ2) is 5.08. The average molecular weight is 260 g/mol. The van der Waals surface area contributed by atoms with Gasteiger partial charge in [0.1, 0.15) is 12.4 Å². The maximum absolute atomic E-state index is 6.14. The van der Waals surface area contributed by atoms with Crippen molar-refractivity contribution in [2.75, 3.05) is 0 Å². The van der Waals surface area contributed by atoms with Gasteiger partial charge in [-0.25, -0.2) is 0 Å².